The zero-order valence-electron chi connectivity index (χ0n) is 6.40. The number of aromatic hydroxyl groups is 1. The molecular formula is C6H5FNNaO3. The van der Waals surface area contributed by atoms with Gasteiger partial charge in [-0.1, -0.05) is 0 Å². The minimum Gasteiger partial charge on any atom is -1.00 e. The fourth-order valence-corrected chi connectivity index (χ4v) is 0.574. The number of hydrogen-bond acceptors (Lipinski definition) is 3. The molecule has 1 rings (SSSR count). The second-order valence-electron chi connectivity index (χ2n) is 1.77. The van der Waals surface area contributed by atoms with E-state index in [1.54, 1.807) is 0 Å². The van der Waals surface area contributed by atoms with Gasteiger partial charge in [-0.3, -0.25) is 10.1 Å². The third kappa shape index (κ3) is 3.66. The van der Waals surface area contributed by atoms with Gasteiger partial charge in [-0.2, -0.15) is 0 Å². The van der Waals surface area contributed by atoms with E-state index < -0.39 is 4.92 Å². The number of hydrogen-bond donors (Lipinski definition) is 1. The summed E-state index contributed by atoms with van der Waals surface area (Å²) >= 11 is 0. The van der Waals surface area contributed by atoms with Crippen LogP contribution in [-0.2, 0) is 0 Å². The summed E-state index contributed by atoms with van der Waals surface area (Å²) in [5, 5.41) is 18.8. The zero-order chi connectivity index (χ0) is 7.56. The van der Waals surface area contributed by atoms with E-state index in [0.717, 1.165) is 0 Å². The minimum atomic E-state index is -0.514. The Labute approximate surface area is 90.0 Å². The average Bonchev–Trinajstić information content (AvgIpc) is 1.88. The number of rotatable bonds is 1. The monoisotopic (exact) mass is 181 g/mol. The molecule has 0 aromatic heterocycles. The van der Waals surface area contributed by atoms with Crippen LogP contribution in [0.15, 0.2) is 24.3 Å². The maximum absolute atomic E-state index is 10.0. The van der Waals surface area contributed by atoms with E-state index in [-0.39, 0.29) is 45.7 Å². The van der Waals surface area contributed by atoms with Crippen LogP contribution in [0.1, 0.15) is 0 Å². The number of halogens is 1. The molecule has 0 aliphatic carbocycles. The van der Waals surface area contributed by atoms with Gasteiger partial charge in [0.15, 0.2) is 0 Å². The first-order valence-electron chi connectivity index (χ1n) is 2.63. The van der Waals surface area contributed by atoms with Crippen molar-refractivity contribution >= 4 is 5.69 Å². The molecule has 0 saturated carbocycles. The van der Waals surface area contributed by atoms with Crippen molar-refractivity contribution in [3.05, 3.63) is 34.4 Å². The van der Waals surface area contributed by atoms with Gasteiger partial charge in [0.1, 0.15) is 5.75 Å². The van der Waals surface area contributed by atoms with Crippen LogP contribution in [0.5, 0.6) is 5.75 Å². The van der Waals surface area contributed by atoms with Crippen LogP contribution in [-0.4, -0.2) is 10.0 Å². The summed E-state index contributed by atoms with van der Waals surface area (Å²) in [6, 6.07) is 5.04. The molecule has 0 amide bonds. The number of phenolic OH excluding ortho intramolecular Hbond substituents is 1. The van der Waals surface area contributed by atoms with Crippen LogP contribution in [0, 0.1) is 10.1 Å². The Morgan fingerprint density at radius 1 is 1.25 bits per heavy atom. The van der Waals surface area contributed by atoms with Crippen molar-refractivity contribution in [2.45, 2.75) is 0 Å². The Morgan fingerprint density at radius 2 is 1.67 bits per heavy atom. The Hall–Kier alpha value is -0.650. The summed E-state index contributed by atoms with van der Waals surface area (Å²) in [5.74, 6) is 0.0330. The molecule has 12 heavy (non-hydrogen) atoms. The van der Waals surface area contributed by atoms with Gasteiger partial charge in [0.2, 0.25) is 0 Å². The number of nitrogens with zero attached hydrogens (tertiary/aromatic N) is 1. The van der Waals surface area contributed by atoms with Crippen molar-refractivity contribution in [1.29, 1.82) is 0 Å². The summed E-state index contributed by atoms with van der Waals surface area (Å²) in [7, 11) is 0. The van der Waals surface area contributed by atoms with Crippen LogP contribution in [0.25, 0.3) is 0 Å². The second-order valence-corrected chi connectivity index (χ2v) is 1.77. The molecule has 0 unspecified atom stereocenters. The summed E-state index contributed by atoms with van der Waals surface area (Å²) in [5.41, 5.74) is -0.0159. The SMILES string of the molecule is O=[N+]([O-])c1ccc(O)cc1.[F-].[Na+]. The van der Waals surface area contributed by atoms with Gasteiger partial charge in [-0.15, -0.1) is 0 Å². The fourth-order valence-electron chi connectivity index (χ4n) is 0.574. The molecule has 0 aliphatic heterocycles. The van der Waals surface area contributed by atoms with Crippen LogP contribution < -0.4 is 34.3 Å². The van der Waals surface area contributed by atoms with Crippen molar-refractivity contribution in [3.63, 3.8) is 0 Å². The van der Waals surface area contributed by atoms with Gasteiger partial charge < -0.3 is 9.81 Å². The Balaban J connectivity index is 0. The summed E-state index contributed by atoms with van der Waals surface area (Å²) < 4.78 is 0. The standard InChI is InChI=1S/C6H5NO3.FH.Na/c8-6-3-1-5(2-4-6)7(9)10;;/h1-4,8H;1H;/q;;+1/p-1. The Morgan fingerprint density at radius 3 is 2.00 bits per heavy atom. The third-order valence-corrected chi connectivity index (χ3v) is 1.06. The van der Waals surface area contributed by atoms with Crippen LogP contribution >= 0.6 is 0 Å². The molecule has 1 aromatic carbocycles. The van der Waals surface area contributed by atoms with Crippen molar-refractivity contribution in [2.75, 3.05) is 0 Å². The van der Waals surface area contributed by atoms with Crippen molar-refractivity contribution in [1.82, 2.24) is 0 Å². The van der Waals surface area contributed by atoms with Crippen LogP contribution in [0.3, 0.4) is 0 Å². The molecule has 0 aliphatic rings. The second kappa shape index (κ2) is 5.93. The topological polar surface area (TPSA) is 63.4 Å². The molecule has 4 nitrogen and oxygen atoms in total. The van der Waals surface area contributed by atoms with E-state index in [4.69, 9.17) is 5.11 Å². The van der Waals surface area contributed by atoms with E-state index in [2.05, 4.69) is 0 Å². The van der Waals surface area contributed by atoms with Crippen molar-refractivity contribution < 1.29 is 44.3 Å². The number of nitro groups is 1. The molecular weight excluding hydrogens is 176 g/mol. The van der Waals surface area contributed by atoms with Crippen molar-refractivity contribution in [3.8, 4) is 5.75 Å². The third-order valence-electron chi connectivity index (χ3n) is 1.06. The fraction of sp³-hybridized carbons (Fsp3) is 0. The molecule has 6 heteroatoms. The molecule has 0 fully saturated rings. The first-order valence-corrected chi connectivity index (χ1v) is 2.63. The van der Waals surface area contributed by atoms with E-state index in [1.807, 2.05) is 0 Å². The van der Waals surface area contributed by atoms with Crippen LogP contribution in [0.2, 0.25) is 0 Å². The van der Waals surface area contributed by atoms with E-state index in [9.17, 15) is 10.1 Å². The summed E-state index contributed by atoms with van der Waals surface area (Å²) in [6.07, 6.45) is 0. The van der Waals surface area contributed by atoms with Gasteiger partial charge >= 0.3 is 29.6 Å². The minimum absolute atomic E-state index is 0. The molecule has 0 radical (unpaired) electrons. The molecule has 0 atom stereocenters. The normalized spacial score (nSPS) is 7.67. The molecule has 0 heterocycles. The predicted octanol–water partition coefficient (Wildman–Crippen LogP) is -4.69. The quantitative estimate of drug-likeness (QED) is 0.269. The molecule has 1 N–H and O–H groups in total. The van der Waals surface area contributed by atoms with Gasteiger partial charge in [0.25, 0.3) is 5.69 Å². The Bertz CT molecular complexity index is 251. The maximum Gasteiger partial charge on any atom is 1.00 e. The van der Waals surface area contributed by atoms with E-state index in [0.29, 0.717) is 0 Å². The van der Waals surface area contributed by atoms with Crippen LogP contribution in [0.4, 0.5) is 5.69 Å². The smallest absolute Gasteiger partial charge is 1.00 e. The van der Waals surface area contributed by atoms with Gasteiger partial charge in [-0.25, -0.2) is 0 Å². The van der Waals surface area contributed by atoms with Gasteiger partial charge in [-0.05, 0) is 12.1 Å². The molecule has 0 bridgehead atoms. The molecule has 60 valence electrons. The molecule has 0 saturated heterocycles. The summed E-state index contributed by atoms with van der Waals surface area (Å²) in [6.45, 7) is 0. The Kier molecular flexibility index (Phi) is 6.88. The van der Waals surface area contributed by atoms with Gasteiger partial charge in [0, 0.05) is 12.1 Å². The largest absolute Gasteiger partial charge is 1.00 e. The summed E-state index contributed by atoms with van der Waals surface area (Å²) in [4.78, 5) is 9.52. The number of phenols is 1. The van der Waals surface area contributed by atoms with E-state index in [1.165, 1.54) is 24.3 Å². The molecule has 1 aromatic rings. The first kappa shape index (κ1) is 13.9. The van der Waals surface area contributed by atoms with Crippen molar-refractivity contribution in [2.24, 2.45) is 0 Å². The van der Waals surface area contributed by atoms with E-state index >= 15 is 0 Å². The maximum atomic E-state index is 10.0. The number of nitro benzene ring substituents is 1. The molecule has 0 spiro atoms. The number of benzene rings is 1. The number of non-ortho nitro benzene ring substituents is 1. The first-order chi connectivity index (χ1) is 4.70. The van der Waals surface area contributed by atoms with Gasteiger partial charge in [0.05, 0.1) is 4.92 Å². The predicted molar refractivity (Wildman–Crippen MR) is 34.8 cm³/mol. The zero-order valence-corrected chi connectivity index (χ0v) is 8.40. The average molecular weight is 181 g/mol.